The molecule has 0 saturated carbocycles. The van der Waals surface area contributed by atoms with Crippen molar-refractivity contribution in [2.45, 2.75) is 13.8 Å². The molecule has 0 aromatic heterocycles. The number of rotatable bonds is 4. The molecule has 1 aromatic rings. The molecule has 0 bridgehead atoms. The van der Waals surface area contributed by atoms with Gasteiger partial charge in [-0.15, -0.1) is 0 Å². The second-order valence-corrected chi connectivity index (χ2v) is 2.98. The molecule has 7 heteroatoms. The summed E-state index contributed by atoms with van der Waals surface area (Å²) >= 11 is 0. The van der Waals surface area contributed by atoms with Gasteiger partial charge in [0.1, 0.15) is 11.3 Å². The van der Waals surface area contributed by atoms with Gasteiger partial charge in [-0.2, -0.15) is 0 Å². The molecule has 0 spiro atoms. The Labute approximate surface area is 110 Å². The van der Waals surface area contributed by atoms with E-state index in [4.69, 9.17) is 4.74 Å². The highest BCUT2D eigenvalue weighted by Gasteiger charge is 2.22. The fraction of sp³-hybridized carbons (Fsp3) is 0.333. The predicted octanol–water partition coefficient (Wildman–Crippen LogP) is 2.23. The highest BCUT2D eigenvalue weighted by Crippen LogP contribution is 2.28. The third kappa shape index (κ3) is 3.77. The molecular weight excluding hydrogens is 254 g/mol. The first-order valence-corrected chi connectivity index (χ1v) is 5.45. The Morgan fingerprint density at radius 1 is 1.32 bits per heavy atom. The smallest absolute Gasteiger partial charge is 0.341 e. The number of methoxy groups -OCH3 is 2. The van der Waals surface area contributed by atoms with Crippen LogP contribution in [0.3, 0.4) is 0 Å². The lowest BCUT2D eigenvalue weighted by Gasteiger charge is -2.07. The summed E-state index contributed by atoms with van der Waals surface area (Å²) in [5, 5.41) is 10.7. The van der Waals surface area contributed by atoms with Gasteiger partial charge in [-0.25, -0.2) is 4.79 Å². The van der Waals surface area contributed by atoms with E-state index in [-0.39, 0.29) is 16.9 Å². The number of esters is 1. The fourth-order valence-electron chi connectivity index (χ4n) is 1.27. The summed E-state index contributed by atoms with van der Waals surface area (Å²) in [6, 6.07) is 2.08. The molecule has 104 valence electrons. The summed E-state index contributed by atoms with van der Waals surface area (Å²) in [7, 11) is 2.42. The molecule has 0 atom stereocenters. The van der Waals surface area contributed by atoms with Crippen LogP contribution in [0.25, 0.3) is 0 Å². The lowest BCUT2D eigenvalue weighted by molar-refractivity contribution is -0.385. The van der Waals surface area contributed by atoms with Crippen molar-refractivity contribution in [1.82, 2.24) is 0 Å². The molecule has 0 saturated heterocycles. The van der Waals surface area contributed by atoms with Crippen LogP contribution in [0.15, 0.2) is 12.1 Å². The quantitative estimate of drug-likeness (QED) is 0.360. The van der Waals surface area contributed by atoms with Gasteiger partial charge >= 0.3 is 5.97 Å². The number of carbonyl (C=O) groups is 2. The number of nitro benzene ring substituents is 1. The van der Waals surface area contributed by atoms with Gasteiger partial charge in [0.15, 0.2) is 6.29 Å². The number of hydrogen-bond acceptors (Lipinski definition) is 6. The summed E-state index contributed by atoms with van der Waals surface area (Å²) in [6.07, 6.45) is 0.321. The lowest BCUT2D eigenvalue weighted by atomic mass is 10.1. The average molecular weight is 269 g/mol. The van der Waals surface area contributed by atoms with Crippen molar-refractivity contribution in [3.63, 3.8) is 0 Å². The Balaban J connectivity index is 0.00000154. The largest absolute Gasteiger partial charge is 0.496 e. The first-order valence-electron chi connectivity index (χ1n) is 5.45. The van der Waals surface area contributed by atoms with Gasteiger partial charge in [0, 0.05) is 6.07 Å². The minimum Gasteiger partial charge on any atom is -0.496 e. The lowest BCUT2D eigenvalue weighted by Crippen LogP contribution is -2.06. The van der Waals surface area contributed by atoms with Crippen molar-refractivity contribution in [3.8, 4) is 5.75 Å². The second-order valence-electron chi connectivity index (χ2n) is 2.98. The SMILES string of the molecule is CC.COC(=O)c1cc([N+](=O)[O-])c(C=O)cc1OC. The molecule has 0 aliphatic carbocycles. The summed E-state index contributed by atoms with van der Waals surface area (Å²) in [6.45, 7) is 4.00. The predicted molar refractivity (Wildman–Crippen MR) is 67.7 cm³/mol. The van der Waals surface area contributed by atoms with Crippen LogP contribution < -0.4 is 4.74 Å². The van der Waals surface area contributed by atoms with Crippen LogP contribution in [0.1, 0.15) is 34.6 Å². The summed E-state index contributed by atoms with van der Waals surface area (Å²) in [5.74, 6) is -0.730. The van der Waals surface area contributed by atoms with Crippen molar-refractivity contribution in [1.29, 1.82) is 0 Å². The minimum atomic E-state index is -0.776. The standard InChI is InChI=1S/C10H9NO6.C2H6/c1-16-9-3-6(5-12)8(11(14)15)4-7(9)10(13)17-2;1-2/h3-5H,1-2H3;1-2H3. The Kier molecular flexibility index (Phi) is 6.80. The zero-order chi connectivity index (χ0) is 15.0. The van der Waals surface area contributed by atoms with Gasteiger partial charge in [0.05, 0.1) is 24.7 Å². The molecule has 0 heterocycles. The van der Waals surface area contributed by atoms with E-state index in [1.807, 2.05) is 13.8 Å². The Bertz CT molecular complexity index is 483. The number of hydrogen-bond donors (Lipinski definition) is 0. The number of aldehydes is 1. The highest BCUT2D eigenvalue weighted by molar-refractivity contribution is 5.95. The zero-order valence-corrected chi connectivity index (χ0v) is 11.1. The Morgan fingerprint density at radius 3 is 2.26 bits per heavy atom. The molecule has 1 rings (SSSR count). The molecule has 19 heavy (non-hydrogen) atoms. The van der Waals surface area contributed by atoms with Crippen LogP contribution in [0.5, 0.6) is 5.75 Å². The van der Waals surface area contributed by atoms with Gasteiger partial charge in [-0.05, 0) is 6.07 Å². The van der Waals surface area contributed by atoms with Crippen molar-refractivity contribution in [2.75, 3.05) is 14.2 Å². The Hall–Kier alpha value is -2.44. The number of nitro groups is 1. The summed E-state index contributed by atoms with van der Waals surface area (Å²) in [4.78, 5) is 32.0. The van der Waals surface area contributed by atoms with E-state index in [1.165, 1.54) is 7.11 Å². The minimum absolute atomic E-state index is 0.0459. The fourth-order valence-corrected chi connectivity index (χ4v) is 1.27. The number of carbonyl (C=O) groups excluding carboxylic acids is 2. The average Bonchev–Trinajstić information content (AvgIpc) is 2.46. The number of benzene rings is 1. The molecule has 7 nitrogen and oxygen atoms in total. The van der Waals surface area contributed by atoms with Crippen molar-refractivity contribution < 1.29 is 24.0 Å². The molecule has 0 aliphatic rings. The molecule has 0 N–H and O–H groups in total. The monoisotopic (exact) mass is 269 g/mol. The Morgan fingerprint density at radius 2 is 1.89 bits per heavy atom. The van der Waals surface area contributed by atoms with Crippen molar-refractivity contribution in [3.05, 3.63) is 33.4 Å². The van der Waals surface area contributed by atoms with Crippen LogP contribution in [-0.2, 0) is 4.74 Å². The van der Waals surface area contributed by atoms with Gasteiger partial charge in [0.2, 0.25) is 0 Å². The summed E-state index contributed by atoms with van der Waals surface area (Å²) in [5.41, 5.74) is -0.743. The van der Waals surface area contributed by atoms with Gasteiger partial charge in [-0.1, -0.05) is 13.8 Å². The van der Waals surface area contributed by atoms with E-state index in [2.05, 4.69) is 4.74 Å². The maximum atomic E-state index is 11.4. The van der Waals surface area contributed by atoms with Crippen LogP contribution >= 0.6 is 0 Å². The van der Waals surface area contributed by atoms with Crippen LogP contribution in [-0.4, -0.2) is 31.4 Å². The molecule has 0 fully saturated rings. The van der Waals surface area contributed by atoms with Crippen LogP contribution in [0.2, 0.25) is 0 Å². The number of ether oxygens (including phenoxy) is 2. The molecule has 1 aromatic carbocycles. The highest BCUT2D eigenvalue weighted by atomic mass is 16.6. The maximum Gasteiger partial charge on any atom is 0.341 e. The molecule has 0 aliphatic heterocycles. The topological polar surface area (TPSA) is 95.7 Å². The van der Waals surface area contributed by atoms with E-state index in [9.17, 15) is 19.7 Å². The zero-order valence-electron chi connectivity index (χ0n) is 11.1. The molecule has 0 radical (unpaired) electrons. The van der Waals surface area contributed by atoms with E-state index in [0.29, 0.717) is 6.29 Å². The van der Waals surface area contributed by atoms with Gasteiger partial charge in [-0.3, -0.25) is 14.9 Å². The van der Waals surface area contributed by atoms with Gasteiger partial charge in [0.25, 0.3) is 5.69 Å². The second kappa shape index (κ2) is 7.80. The third-order valence-corrected chi connectivity index (χ3v) is 2.08. The number of nitrogens with zero attached hydrogens (tertiary/aromatic N) is 1. The molecule has 0 amide bonds. The van der Waals surface area contributed by atoms with Crippen molar-refractivity contribution >= 4 is 17.9 Å². The third-order valence-electron chi connectivity index (χ3n) is 2.08. The van der Waals surface area contributed by atoms with Crippen molar-refractivity contribution in [2.24, 2.45) is 0 Å². The summed E-state index contributed by atoms with van der Waals surface area (Å²) < 4.78 is 9.32. The first-order chi connectivity index (χ1) is 9.04. The van der Waals surface area contributed by atoms with Crippen LogP contribution in [0.4, 0.5) is 5.69 Å². The van der Waals surface area contributed by atoms with Crippen LogP contribution in [0, 0.1) is 10.1 Å². The molecular formula is C12H15NO6. The first kappa shape index (κ1) is 16.6. The van der Waals surface area contributed by atoms with E-state index >= 15 is 0 Å². The normalized spacial score (nSPS) is 8.84. The molecule has 0 unspecified atom stereocenters. The van der Waals surface area contributed by atoms with Gasteiger partial charge < -0.3 is 9.47 Å². The van der Waals surface area contributed by atoms with E-state index in [1.54, 1.807) is 0 Å². The van der Waals surface area contributed by atoms with E-state index in [0.717, 1.165) is 19.2 Å². The van der Waals surface area contributed by atoms with E-state index < -0.39 is 16.6 Å². The maximum absolute atomic E-state index is 11.4.